The molecule has 114 valence electrons. The molecule has 0 saturated carbocycles. The van der Waals surface area contributed by atoms with E-state index in [1.54, 1.807) is 6.07 Å². The van der Waals surface area contributed by atoms with Gasteiger partial charge in [0.1, 0.15) is 5.82 Å². The van der Waals surface area contributed by atoms with Crippen molar-refractivity contribution in [2.24, 2.45) is 0 Å². The molecule has 1 N–H and O–H groups in total. The molecule has 2 aromatic carbocycles. The fourth-order valence-electron chi connectivity index (χ4n) is 1.58. The molecule has 0 aromatic heterocycles. The third-order valence-corrected chi connectivity index (χ3v) is 3.36. The normalized spacial score (nSPS) is 10.1. The highest BCUT2D eigenvalue weighted by Gasteiger charge is 2.12. The van der Waals surface area contributed by atoms with Gasteiger partial charge in [-0.3, -0.25) is 4.79 Å². The van der Waals surface area contributed by atoms with Crippen LogP contribution in [-0.2, 0) is 9.53 Å². The lowest BCUT2D eigenvalue weighted by molar-refractivity contribution is -0.119. The van der Waals surface area contributed by atoms with Crippen molar-refractivity contribution < 1.29 is 18.7 Å². The van der Waals surface area contributed by atoms with Crippen LogP contribution < -0.4 is 5.32 Å². The van der Waals surface area contributed by atoms with Crippen LogP contribution in [-0.4, -0.2) is 18.5 Å². The highest BCUT2D eigenvalue weighted by molar-refractivity contribution is 9.10. The molecule has 0 aliphatic heterocycles. The van der Waals surface area contributed by atoms with Crippen LogP contribution in [0.4, 0.5) is 10.1 Å². The number of ether oxygens (including phenoxy) is 1. The Hall–Kier alpha value is -1.92. The van der Waals surface area contributed by atoms with Crippen molar-refractivity contribution in [3.05, 3.63) is 63.3 Å². The zero-order chi connectivity index (χ0) is 16.1. The molecule has 2 rings (SSSR count). The average molecular weight is 387 g/mol. The van der Waals surface area contributed by atoms with E-state index in [0.717, 1.165) is 0 Å². The lowest BCUT2D eigenvalue weighted by Gasteiger charge is -2.07. The van der Waals surface area contributed by atoms with Gasteiger partial charge in [0.05, 0.1) is 11.3 Å². The molecular formula is C15H10BrClFNO3. The number of carbonyl (C=O) groups excluding carboxylic acids is 2. The highest BCUT2D eigenvalue weighted by atomic mass is 79.9. The van der Waals surface area contributed by atoms with Crippen molar-refractivity contribution in [3.8, 4) is 0 Å². The average Bonchev–Trinajstić information content (AvgIpc) is 2.48. The summed E-state index contributed by atoms with van der Waals surface area (Å²) in [6.45, 7) is -0.517. The molecule has 0 radical (unpaired) electrons. The lowest BCUT2D eigenvalue weighted by Crippen LogP contribution is -2.21. The highest BCUT2D eigenvalue weighted by Crippen LogP contribution is 2.19. The second kappa shape index (κ2) is 7.38. The van der Waals surface area contributed by atoms with Gasteiger partial charge in [-0.15, -0.1) is 0 Å². The number of carbonyl (C=O) groups is 2. The van der Waals surface area contributed by atoms with Crippen LogP contribution in [0, 0.1) is 5.82 Å². The molecule has 0 unspecified atom stereocenters. The summed E-state index contributed by atoms with van der Waals surface area (Å²) in [4.78, 5) is 23.4. The van der Waals surface area contributed by atoms with Crippen LogP contribution in [0.15, 0.2) is 46.9 Å². The maximum absolute atomic E-state index is 13.5. The molecule has 0 atom stereocenters. The van der Waals surface area contributed by atoms with E-state index in [9.17, 15) is 14.0 Å². The zero-order valence-electron chi connectivity index (χ0n) is 11.1. The molecule has 0 aliphatic carbocycles. The van der Waals surface area contributed by atoms with Crippen LogP contribution in [0.25, 0.3) is 0 Å². The van der Waals surface area contributed by atoms with Gasteiger partial charge in [0.15, 0.2) is 6.61 Å². The van der Waals surface area contributed by atoms with Crippen molar-refractivity contribution in [2.45, 2.75) is 0 Å². The van der Waals surface area contributed by atoms with Gasteiger partial charge >= 0.3 is 5.97 Å². The number of hydrogen-bond acceptors (Lipinski definition) is 3. The maximum Gasteiger partial charge on any atom is 0.338 e. The Labute approximate surface area is 139 Å². The first-order chi connectivity index (χ1) is 10.5. The Bertz CT molecular complexity index is 706. The smallest absolute Gasteiger partial charge is 0.338 e. The summed E-state index contributed by atoms with van der Waals surface area (Å²) in [6, 6.07) is 10.2. The Morgan fingerprint density at radius 1 is 1.18 bits per heavy atom. The van der Waals surface area contributed by atoms with Crippen LogP contribution in [0.2, 0.25) is 5.02 Å². The molecular weight excluding hydrogens is 377 g/mol. The monoisotopic (exact) mass is 385 g/mol. The van der Waals surface area contributed by atoms with Crippen molar-refractivity contribution >= 4 is 45.1 Å². The predicted molar refractivity (Wildman–Crippen MR) is 84.5 cm³/mol. The van der Waals surface area contributed by atoms with Gasteiger partial charge in [0, 0.05) is 9.50 Å². The summed E-state index contributed by atoms with van der Waals surface area (Å²) < 4.78 is 18.9. The van der Waals surface area contributed by atoms with E-state index in [1.165, 1.54) is 36.4 Å². The summed E-state index contributed by atoms with van der Waals surface area (Å²) in [6.07, 6.45) is 0. The second-order valence-electron chi connectivity index (χ2n) is 4.26. The molecule has 22 heavy (non-hydrogen) atoms. The van der Waals surface area contributed by atoms with Gasteiger partial charge in [-0.05, 0) is 42.5 Å². The Kier molecular flexibility index (Phi) is 5.51. The van der Waals surface area contributed by atoms with Crippen LogP contribution in [0.5, 0.6) is 0 Å². The van der Waals surface area contributed by atoms with Crippen LogP contribution >= 0.6 is 27.5 Å². The summed E-state index contributed by atoms with van der Waals surface area (Å²) in [5.74, 6) is -1.89. The molecule has 4 nitrogen and oxygen atoms in total. The molecule has 1 amide bonds. The lowest BCUT2D eigenvalue weighted by atomic mass is 10.2. The van der Waals surface area contributed by atoms with Gasteiger partial charge in [-0.2, -0.15) is 0 Å². The molecule has 2 aromatic rings. The zero-order valence-corrected chi connectivity index (χ0v) is 13.4. The molecule has 0 spiro atoms. The summed E-state index contributed by atoms with van der Waals surface area (Å²) >= 11 is 8.82. The number of nitrogens with one attached hydrogen (secondary N) is 1. The number of amides is 1. The SMILES string of the molecule is O=C(COC(=O)c1ccc(Cl)cc1)Nc1ccc(Br)cc1F. The molecule has 7 heteroatoms. The van der Waals surface area contributed by atoms with E-state index in [2.05, 4.69) is 21.2 Å². The fraction of sp³-hybridized carbons (Fsp3) is 0.0667. The first-order valence-corrected chi connectivity index (χ1v) is 7.30. The van der Waals surface area contributed by atoms with Crippen molar-refractivity contribution in [3.63, 3.8) is 0 Å². The van der Waals surface area contributed by atoms with E-state index in [0.29, 0.717) is 9.50 Å². The number of benzene rings is 2. The molecule has 0 heterocycles. The first kappa shape index (κ1) is 16.5. The van der Waals surface area contributed by atoms with Crippen molar-refractivity contribution in [1.29, 1.82) is 0 Å². The van der Waals surface area contributed by atoms with Gasteiger partial charge < -0.3 is 10.1 Å². The van der Waals surface area contributed by atoms with E-state index < -0.39 is 24.3 Å². The second-order valence-corrected chi connectivity index (χ2v) is 5.61. The number of halogens is 3. The first-order valence-electron chi connectivity index (χ1n) is 6.13. The quantitative estimate of drug-likeness (QED) is 0.807. The third-order valence-electron chi connectivity index (χ3n) is 2.62. The predicted octanol–water partition coefficient (Wildman–Crippen LogP) is 4.04. The van der Waals surface area contributed by atoms with Gasteiger partial charge in [-0.25, -0.2) is 9.18 Å². The molecule has 0 aliphatic rings. The minimum absolute atomic E-state index is 0.00995. The topological polar surface area (TPSA) is 55.4 Å². The summed E-state index contributed by atoms with van der Waals surface area (Å²) in [5, 5.41) is 2.81. The molecule has 0 fully saturated rings. The summed E-state index contributed by atoms with van der Waals surface area (Å²) in [7, 11) is 0. The Morgan fingerprint density at radius 2 is 1.86 bits per heavy atom. The van der Waals surface area contributed by atoms with E-state index in [1.807, 2.05) is 0 Å². The number of anilines is 1. The number of rotatable bonds is 4. The van der Waals surface area contributed by atoms with Crippen molar-refractivity contribution in [1.82, 2.24) is 0 Å². The molecule has 0 bridgehead atoms. The number of esters is 1. The fourth-order valence-corrected chi connectivity index (χ4v) is 2.04. The summed E-state index contributed by atoms with van der Waals surface area (Å²) in [5.41, 5.74) is 0.280. The van der Waals surface area contributed by atoms with E-state index in [4.69, 9.17) is 16.3 Å². The van der Waals surface area contributed by atoms with Crippen molar-refractivity contribution in [2.75, 3.05) is 11.9 Å². The largest absolute Gasteiger partial charge is 0.452 e. The van der Waals surface area contributed by atoms with Gasteiger partial charge in [0.25, 0.3) is 5.91 Å². The van der Waals surface area contributed by atoms with Crippen LogP contribution in [0.1, 0.15) is 10.4 Å². The minimum Gasteiger partial charge on any atom is -0.452 e. The standard InChI is InChI=1S/C15H10BrClFNO3/c16-10-3-6-13(12(18)7-10)19-14(20)8-22-15(21)9-1-4-11(17)5-2-9/h1-7H,8H2,(H,19,20). The van der Waals surface area contributed by atoms with Crippen LogP contribution in [0.3, 0.4) is 0 Å². The van der Waals surface area contributed by atoms with Gasteiger partial charge in [-0.1, -0.05) is 27.5 Å². The van der Waals surface area contributed by atoms with E-state index >= 15 is 0 Å². The molecule has 0 saturated heterocycles. The third kappa shape index (κ3) is 4.54. The Morgan fingerprint density at radius 3 is 2.50 bits per heavy atom. The Balaban J connectivity index is 1.89. The van der Waals surface area contributed by atoms with E-state index in [-0.39, 0.29) is 11.3 Å². The maximum atomic E-state index is 13.5. The van der Waals surface area contributed by atoms with Gasteiger partial charge in [0.2, 0.25) is 0 Å². The minimum atomic E-state index is -0.664. The number of hydrogen-bond donors (Lipinski definition) is 1.